The van der Waals surface area contributed by atoms with Crippen LogP contribution in [0, 0.1) is 6.92 Å². The van der Waals surface area contributed by atoms with Crippen molar-refractivity contribution >= 4 is 27.5 Å². The minimum atomic E-state index is -3.49. The molecule has 0 heterocycles. The molecule has 186 valence electrons. The van der Waals surface area contributed by atoms with Gasteiger partial charge in [-0.3, -0.25) is 13.9 Å². The predicted octanol–water partition coefficient (Wildman–Crippen LogP) is 3.87. The van der Waals surface area contributed by atoms with Crippen LogP contribution in [0.5, 0.6) is 0 Å². The number of amides is 2. The van der Waals surface area contributed by atoms with Gasteiger partial charge < -0.3 is 10.2 Å². The van der Waals surface area contributed by atoms with Crippen molar-refractivity contribution in [3.63, 3.8) is 0 Å². The first kappa shape index (κ1) is 27.4. The van der Waals surface area contributed by atoms with Gasteiger partial charge in [-0.25, -0.2) is 8.42 Å². The number of para-hydroxylation sites is 1. The minimum absolute atomic E-state index is 0.136. The molecule has 1 atom stereocenters. The molecule has 0 aromatic heterocycles. The number of hydrogen-bond acceptors (Lipinski definition) is 4. The molecule has 2 amide bonds. The maximum absolute atomic E-state index is 13.2. The summed E-state index contributed by atoms with van der Waals surface area (Å²) in [4.78, 5) is 27.5. The molecule has 2 aromatic carbocycles. The first-order valence-corrected chi connectivity index (χ1v) is 13.6. The smallest absolute Gasteiger partial charge is 0.242 e. The van der Waals surface area contributed by atoms with E-state index in [-0.39, 0.29) is 24.8 Å². The molecular formula is C26H37N3O4S. The van der Waals surface area contributed by atoms with E-state index in [0.29, 0.717) is 25.2 Å². The van der Waals surface area contributed by atoms with Crippen LogP contribution in [-0.4, -0.2) is 50.5 Å². The van der Waals surface area contributed by atoms with Crippen LogP contribution in [0.15, 0.2) is 54.6 Å². The highest BCUT2D eigenvalue weighted by Gasteiger charge is 2.26. The molecule has 2 rings (SSSR count). The second-order valence-electron chi connectivity index (χ2n) is 8.60. The van der Waals surface area contributed by atoms with Crippen molar-refractivity contribution in [3.05, 3.63) is 65.7 Å². The lowest BCUT2D eigenvalue weighted by atomic mass is 10.1. The van der Waals surface area contributed by atoms with E-state index >= 15 is 0 Å². The Bertz CT molecular complexity index is 1020. The standard InChI is InChI=1S/C26H37N3O4S/c1-5-6-18-27-26(31)22(3)28(20-23-16-14-21(2)15-17-23)25(30)13-10-19-29(34(4,32)33)24-11-8-7-9-12-24/h7-9,11-12,14-17,22H,5-6,10,13,18-20H2,1-4H3,(H,27,31)/t22-/m0/s1. The molecule has 0 aliphatic rings. The van der Waals surface area contributed by atoms with E-state index in [0.717, 1.165) is 30.2 Å². The lowest BCUT2D eigenvalue weighted by Crippen LogP contribution is -2.48. The summed E-state index contributed by atoms with van der Waals surface area (Å²) in [5.74, 6) is -0.365. The molecule has 2 aromatic rings. The van der Waals surface area contributed by atoms with Crippen LogP contribution < -0.4 is 9.62 Å². The van der Waals surface area contributed by atoms with Crippen LogP contribution in [0.2, 0.25) is 0 Å². The van der Waals surface area contributed by atoms with Gasteiger partial charge >= 0.3 is 0 Å². The third-order valence-electron chi connectivity index (χ3n) is 5.67. The van der Waals surface area contributed by atoms with Gasteiger partial charge in [0.1, 0.15) is 6.04 Å². The zero-order valence-electron chi connectivity index (χ0n) is 20.7. The van der Waals surface area contributed by atoms with E-state index < -0.39 is 16.1 Å². The van der Waals surface area contributed by atoms with Crippen molar-refractivity contribution in [1.29, 1.82) is 0 Å². The van der Waals surface area contributed by atoms with Crippen molar-refractivity contribution < 1.29 is 18.0 Å². The van der Waals surface area contributed by atoms with Crippen LogP contribution in [0.4, 0.5) is 5.69 Å². The lowest BCUT2D eigenvalue weighted by Gasteiger charge is -2.29. The van der Waals surface area contributed by atoms with E-state index in [4.69, 9.17) is 0 Å². The Labute approximate surface area is 204 Å². The predicted molar refractivity (Wildman–Crippen MR) is 137 cm³/mol. The van der Waals surface area contributed by atoms with E-state index in [1.807, 2.05) is 37.3 Å². The highest BCUT2D eigenvalue weighted by molar-refractivity contribution is 7.92. The van der Waals surface area contributed by atoms with Crippen LogP contribution in [0.1, 0.15) is 50.7 Å². The molecule has 0 bridgehead atoms. The summed E-state index contributed by atoms with van der Waals surface area (Å²) in [6.45, 7) is 6.86. The average molecular weight is 488 g/mol. The number of hydrogen-bond donors (Lipinski definition) is 1. The minimum Gasteiger partial charge on any atom is -0.354 e. The SMILES string of the molecule is CCCCNC(=O)[C@H](C)N(Cc1ccc(C)cc1)C(=O)CCCN(c1ccccc1)S(C)(=O)=O. The normalized spacial score (nSPS) is 12.1. The van der Waals surface area contributed by atoms with Crippen LogP contribution in [0.25, 0.3) is 0 Å². The first-order valence-electron chi connectivity index (χ1n) is 11.8. The summed E-state index contributed by atoms with van der Waals surface area (Å²) in [5, 5.41) is 2.91. The Balaban J connectivity index is 2.11. The third kappa shape index (κ3) is 8.48. The van der Waals surface area contributed by atoms with Crippen molar-refractivity contribution in [2.24, 2.45) is 0 Å². The molecule has 0 saturated carbocycles. The molecule has 8 heteroatoms. The van der Waals surface area contributed by atoms with E-state index in [2.05, 4.69) is 12.2 Å². The molecule has 0 fully saturated rings. The van der Waals surface area contributed by atoms with Crippen LogP contribution in [0.3, 0.4) is 0 Å². The Hall–Kier alpha value is -2.87. The van der Waals surface area contributed by atoms with Crippen molar-refractivity contribution in [2.45, 2.75) is 59.0 Å². The van der Waals surface area contributed by atoms with Gasteiger partial charge in [-0.05, 0) is 44.4 Å². The molecule has 0 saturated heterocycles. The summed E-state index contributed by atoms with van der Waals surface area (Å²) in [7, 11) is -3.49. The monoisotopic (exact) mass is 487 g/mol. The fourth-order valence-corrected chi connectivity index (χ4v) is 4.57. The molecule has 7 nitrogen and oxygen atoms in total. The van der Waals surface area contributed by atoms with Crippen LogP contribution in [-0.2, 0) is 26.2 Å². The van der Waals surface area contributed by atoms with Crippen molar-refractivity contribution in [2.75, 3.05) is 23.7 Å². The number of aryl methyl sites for hydroxylation is 1. The average Bonchev–Trinajstić information content (AvgIpc) is 2.80. The van der Waals surface area contributed by atoms with E-state index in [1.165, 1.54) is 4.31 Å². The zero-order valence-corrected chi connectivity index (χ0v) is 21.5. The number of anilines is 1. The molecule has 0 spiro atoms. The summed E-state index contributed by atoms with van der Waals surface area (Å²) in [6, 6.07) is 16.1. The number of nitrogens with one attached hydrogen (secondary N) is 1. The maximum Gasteiger partial charge on any atom is 0.242 e. The molecule has 0 aliphatic carbocycles. The van der Waals surface area contributed by atoms with Crippen LogP contribution >= 0.6 is 0 Å². The molecule has 1 N–H and O–H groups in total. The van der Waals surface area contributed by atoms with Gasteiger partial charge in [0.05, 0.1) is 11.9 Å². The zero-order chi connectivity index (χ0) is 25.1. The van der Waals surface area contributed by atoms with Gasteiger partial charge in [0.2, 0.25) is 21.8 Å². The van der Waals surface area contributed by atoms with Crippen molar-refractivity contribution in [1.82, 2.24) is 10.2 Å². The van der Waals surface area contributed by atoms with Gasteiger partial charge in [-0.1, -0.05) is 61.4 Å². The summed E-state index contributed by atoms with van der Waals surface area (Å²) in [5.41, 5.74) is 2.63. The maximum atomic E-state index is 13.2. The molecule has 0 unspecified atom stereocenters. The number of carbonyl (C=O) groups is 2. The van der Waals surface area contributed by atoms with Gasteiger partial charge in [-0.2, -0.15) is 0 Å². The lowest BCUT2D eigenvalue weighted by molar-refractivity contribution is -0.140. The Morgan fingerprint density at radius 2 is 1.65 bits per heavy atom. The summed E-state index contributed by atoms with van der Waals surface area (Å²) < 4.78 is 25.9. The topological polar surface area (TPSA) is 86.8 Å². The largest absolute Gasteiger partial charge is 0.354 e. The fraction of sp³-hybridized carbons (Fsp3) is 0.462. The molecule has 0 radical (unpaired) electrons. The fourth-order valence-electron chi connectivity index (χ4n) is 3.61. The van der Waals surface area contributed by atoms with Gasteiger partial charge in [0, 0.05) is 26.1 Å². The van der Waals surface area contributed by atoms with E-state index in [9.17, 15) is 18.0 Å². The molecular weight excluding hydrogens is 450 g/mol. The first-order chi connectivity index (χ1) is 16.1. The highest BCUT2D eigenvalue weighted by atomic mass is 32.2. The third-order valence-corrected chi connectivity index (χ3v) is 6.86. The van der Waals surface area contributed by atoms with E-state index in [1.54, 1.807) is 36.1 Å². The Morgan fingerprint density at radius 3 is 2.24 bits per heavy atom. The second-order valence-corrected chi connectivity index (χ2v) is 10.5. The van der Waals surface area contributed by atoms with Gasteiger partial charge in [-0.15, -0.1) is 0 Å². The molecule has 34 heavy (non-hydrogen) atoms. The summed E-state index contributed by atoms with van der Waals surface area (Å²) >= 11 is 0. The number of unbranched alkanes of at least 4 members (excludes halogenated alkanes) is 1. The number of benzene rings is 2. The molecule has 0 aliphatic heterocycles. The quantitative estimate of drug-likeness (QED) is 0.435. The number of carbonyl (C=O) groups excluding carboxylic acids is 2. The Morgan fingerprint density at radius 1 is 1.00 bits per heavy atom. The number of nitrogens with zero attached hydrogens (tertiary/aromatic N) is 2. The number of sulfonamides is 1. The Kier molecular flexibility index (Phi) is 10.6. The van der Waals surface area contributed by atoms with Gasteiger partial charge in [0.15, 0.2) is 0 Å². The van der Waals surface area contributed by atoms with Crippen molar-refractivity contribution in [3.8, 4) is 0 Å². The number of rotatable bonds is 13. The highest BCUT2D eigenvalue weighted by Crippen LogP contribution is 2.18. The second kappa shape index (κ2) is 13.1. The van der Waals surface area contributed by atoms with Gasteiger partial charge in [0.25, 0.3) is 0 Å². The summed E-state index contributed by atoms with van der Waals surface area (Å²) in [6.07, 6.45) is 3.49.